The topological polar surface area (TPSA) is 17.8 Å². The van der Waals surface area contributed by atoms with Crippen LogP contribution in [0.15, 0.2) is 22.8 Å². The van der Waals surface area contributed by atoms with Crippen LogP contribution in [0.2, 0.25) is 0 Å². The van der Waals surface area contributed by atoms with Gasteiger partial charge in [-0.1, -0.05) is 0 Å². The Labute approximate surface area is 95.2 Å². The standard InChI is InChI=1S/C11H10BrFN2/c12-9-4-5-10-8(11(9)13)6-14-15(10)7-2-1-3-7/h4-7H,1-3H2. The first kappa shape index (κ1) is 9.33. The number of hydrogen-bond donors (Lipinski definition) is 0. The van der Waals surface area contributed by atoms with Gasteiger partial charge in [-0.2, -0.15) is 5.10 Å². The van der Waals surface area contributed by atoms with Crippen LogP contribution in [0.25, 0.3) is 10.9 Å². The molecule has 78 valence electrons. The molecule has 4 heteroatoms. The fourth-order valence-electron chi connectivity index (χ4n) is 1.98. The largest absolute Gasteiger partial charge is 0.262 e. The van der Waals surface area contributed by atoms with Crippen molar-refractivity contribution < 1.29 is 4.39 Å². The first-order valence-electron chi connectivity index (χ1n) is 5.08. The van der Waals surface area contributed by atoms with Gasteiger partial charge in [0.2, 0.25) is 0 Å². The molecule has 1 saturated carbocycles. The molecule has 1 fully saturated rings. The lowest BCUT2D eigenvalue weighted by Gasteiger charge is -2.26. The molecule has 0 radical (unpaired) electrons. The summed E-state index contributed by atoms with van der Waals surface area (Å²) < 4.78 is 16.2. The van der Waals surface area contributed by atoms with Crippen molar-refractivity contribution >= 4 is 26.8 Å². The van der Waals surface area contributed by atoms with Crippen LogP contribution in [0.3, 0.4) is 0 Å². The highest BCUT2D eigenvalue weighted by Gasteiger charge is 2.22. The highest BCUT2D eigenvalue weighted by Crippen LogP contribution is 2.34. The van der Waals surface area contributed by atoms with Gasteiger partial charge >= 0.3 is 0 Å². The molecule has 2 nitrogen and oxygen atoms in total. The van der Waals surface area contributed by atoms with Crippen molar-refractivity contribution in [2.24, 2.45) is 0 Å². The van der Waals surface area contributed by atoms with Crippen LogP contribution in [0.5, 0.6) is 0 Å². The van der Waals surface area contributed by atoms with Crippen molar-refractivity contribution in [1.82, 2.24) is 9.78 Å². The van der Waals surface area contributed by atoms with Gasteiger partial charge in [0.05, 0.1) is 27.6 Å². The molecule has 0 amide bonds. The van der Waals surface area contributed by atoms with E-state index in [1.54, 1.807) is 12.3 Å². The highest BCUT2D eigenvalue weighted by atomic mass is 79.9. The summed E-state index contributed by atoms with van der Waals surface area (Å²) in [6, 6.07) is 4.14. The Morgan fingerprint density at radius 2 is 2.20 bits per heavy atom. The summed E-state index contributed by atoms with van der Waals surface area (Å²) in [5, 5.41) is 4.88. The monoisotopic (exact) mass is 268 g/mol. The Bertz CT molecular complexity index is 517. The molecule has 0 unspecified atom stereocenters. The molecule has 0 bridgehead atoms. The number of fused-ring (bicyclic) bond motifs is 1. The predicted octanol–water partition coefficient (Wildman–Crippen LogP) is 3.66. The first-order valence-corrected chi connectivity index (χ1v) is 5.88. The lowest BCUT2D eigenvalue weighted by atomic mass is 9.93. The van der Waals surface area contributed by atoms with Crippen LogP contribution in [0, 0.1) is 5.82 Å². The average molecular weight is 269 g/mol. The van der Waals surface area contributed by atoms with E-state index in [0.29, 0.717) is 15.9 Å². The Morgan fingerprint density at radius 3 is 2.87 bits per heavy atom. The Morgan fingerprint density at radius 1 is 1.40 bits per heavy atom. The fraction of sp³-hybridized carbons (Fsp3) is 0.364. The lowest BCUT2D eigenvalue weighted by molar-refractivity contribution is 0.297. The summed E-state index contributed by atoms with van der Waals surface area (Å²) in [4.78, 5) is 0. The fourth-order valence-corrected chi connectivity index (χ4v) is 2.33. The van der Waals surface area contributed by atoms with Crippen molar-refractivity contribution in [3.8, 4) is 0 Å². The third kappa shape index (κ3) is 1.31. The van der Waals surface area contributed by atoms with E-state index in [9.17, 15) is 4.39 Å². The molecule has 3 rings (SSSR count). The van der Waals surface area contributed by atoms with E-state index < -0.39 is 0 Å². The van der Waals surface area contributed by atoms with Crippen LogP contribution >= 0.6 is 15.9 Å². The number of aromatic nitrogens is 2. The minimum Gasteiger partial charge on any atom is -0.262 e. The van der Waals surface area contributed by atoms with E-state index in [1.165, 1.54) is 6.42 Å². The minimum atomic E-state index is -0.210. The maximum absolute atomic E-state index is 13.7. The van der Waals surface area contributed by atoms with Crippen LogP contribution in [-0.2, 0) is 0 Å². The maximum Gasteiger partial charge on any atom is 0.148 e. The van der Waals surface area contributed by atoms with E-state index in [4.69, 9.17) is 0 Å². The molecule has 0 N–H and O–H groups in total. The van der Waals surface area contributed by atoms with E-state index in [1.807, 2.05) is 10.7 Å². The molecular formula is C11H10BrFN2. The number of benzene rings is 1. The summed E-state index contributed by atoms with van der Waals surface area (Å²) in [7, 11) is 0. The SMILES string of the molecule is Fc1c(Br)ccc2c1cnn2C1CCC1. The summed E-state index contributed by atoms with van der Waals surface area (Å²) in [5.41, 5.74) is 0.903. The van der Waals surface area contributed by atoms with Gasteiger partial charge in [-0.25, -0.2) is 4.39 Å². The van der Waals surface area contributed by atoms with Crippen molar-refractivity contribution in [2.75, 3.05) is 0 Å². The zero-order valence-corrected chi connectivity index (χ0v) is 9.67. The van der Waals surface area contributed by atoms with Crippen molar-refractivity contribution in [3.05, 3.63) is 28.6 Å². The lowest BCUT2D eigenvalue weighted by Crippen LogP contribution is -2.17. The highest BCUT2D eigenvalue weighted by molar-refractivity contribution is 9.10. The molecule has 1 aliphatic rings. The van der Waals surface area contributed by atoms with Gasteiger partial charge in [-0.3, -0.25) is 4.68 Å². The van der Waals surface area contributed by atoms with Gasteiger partial charge in [-0.15, -0.1) is 0 Å². The zero-order chi connectivity index (χ0) is 10.4. The first-order chi connectivity index (χ1) is 7.27. The predicted molar refractivity (Wildman–Crippen MR) is 60.3 cm³/mol. The molecule has 0 spiro atoms. The molecule has 1 aromatic heterocycles. The second-order valence-electron chi connectivity index (χ2n) is 3.97. The van der Waals surface area contributed by atoms with E-state index in [0.717, 1.165) is 18.4 Å². The molecule has 1 aliphatic carbocycles. The third-order valence-electron chi connectivity index (χ3n) is 3.09. The Kier molecular flexibility index (Phi) is 2.06. The molecule has 0 atom stereocenters. The van der Waals surface area contributed by atoms with Crippen LogP contribution in [0.4, 0.5) is 4.39 Å². The van der Waals surface area contributed by atoms with Crippen molar-refractivity contribution in [3.63, 3.8) is 0 Å². The number of halogens is 2. The van der Waals surface area contributed by atoms with Gasteiger partial charge in [-0.05, 0) is 47.3 Å². The van der Waals surface area contributed by atoms with E-state index in [2.05, 4.69) is 21.0 Å². The second kappa shape index (κ2) is 3.30. The smallest absolute Gasteiger partial charge is 0.148 e. The summed E-state index contributed by atoms with van der Waals surface area (Å²) in [6.07, 6.45) is 5.20. The quantitative estimate of drug-likeness (QED) is 0.772. The number of nitrogens with zero attached hydrogens (tertiary/aromatic N) is 2. The summed E-state index contributed by atoms with van der Waals surface area (Å²) in [5.74, 6) is -0.210. The molecule has 1 heterocycles. The van der Waals surface area contributed by atoms with Gasteiger partial charge < -0.3 is 0 Å². The third-order valence-corrected chi connectivity index (χ3v) is 3.70. The number of hydrogen-bond acceptors (Lipinski definition) is 1. The van der Waals surface area contributed by atoms with Gasteiger partial charge in [0.1, 0.15) is 5.82 Å². The molecule has 0 aliphatic heterocycles. The average Bonchev–Trinajstić information content (AvgIpc) is 2.54. The normalized spacial score (nSPS) is 16.9. The van der Waals surface area contributed by atoms with Crippen molar-refractivity contribution in [2.45, 2.75) is 25.3 Å². The van der Waals surface area contributed by atoms with E-state index in [-0.39, 0.29) is 5.82 Å². The number of rotatable bonds is 1. The molecule has 0 saturated heterocycles. The summed E-state index contributed by atoms with van der Waals surface area (Å²) >= 11 is 3.18. The maximum atomic E-state index is 13.7. The van der Waals surface area contributed by atoms with Crippen LogP contribution < -0.4 is 0 Å². The van der Waals surface area contributed by atoms with Crippen LogP contribution in [-0.4, -0.2) is 9.78 Å². The van der Waals surface area contributed by atoms with Gasteiger partial charge in [0, 0.05) is 0 Å². The Hall–Kier alpha value is -0.900. The molecular weight excluding hydrogens is 259 g/mol. The van der Waals surface area contributed by atoms with Crippen LogP contribution in [0.1, 0.15) is 25.3 Å². The minimum absolute atomic E-state index is 0.210. The van der Waals surface area contributed by atoms with Gasteiger partial charge in [0.15, 0.2) is 0 Å². The summed E-state index contributed by atoms with van der Waals surface area (Å²) in [6.45, 7) is 0. The van der Waals surface area contributed by atoms with E-state index >= 15 is 0 Å². The molecule has 2 aromatic rings. The molecule has 15 heavy (non-hydrogen) atoms. The Balaban J connectivity index is 2.21. The van der Waals surface area contributed by atoms with Gasteiger partial charge in [0.25, 0.3) is 0 Å². The second-order valence-corrected chi connectivity index (χ2v) is 4.82. The zero-order valence-electron chi connectivity index (χ0n) is 8.08. The van der Waals surface area contributed by atoms with Crippen molar-refractivity contribution in [1.29, 1.82) is 0 Å². The molecule has 1 aromatic carbocycles.